The van der Waals surface area contributed by atoms with Crippen LogP contribution in [0.25, 0.3) is 0 Å². The van der Waals surface area contributed by atoms with Crippen molar-refractivity contribution in [1.29, 1.82) is 0 Å². The van der Waals surface area contributed by atoms with Crippen molar-refractivity contribution in [3.05, 3.63) is 62.1 Å². The van der Waals surface area contributed by atoms with Crippen LogP contribution in [0.3, 0.4) is 0 Å². The van der Waals surface area contributed by atoms with E-state index < -0.39 is 16.8 Å². The minimum atomic E-state index is -0.755. The molecule has 0 aliphatic heterocycles. The number of amides is 1. The predicted molar refractivity (Wildman–Crippen MR) is 103 cm³/mol. The summed E-state index contributed by atoms with van der Waals surface area (Å²) < 4.78 is 4.67. The first-order valence-electron chi connectivity index (χ1n) is 7.56. The molecule has 2 aromatic carbocycles. The number of nitrogens with one attached hydrogen (secondary N) is 1. The summed E-state index contributed by atoms with van der Waals surface area (Å²) in [5.41, 5.74) is 0.279. The highest BCUT2D eigenvalue weighted by Gasteiger charge is 2.21. The SMILES string of the molecule is COC(=O)c1cc([N+](=O)[O-])ccc1N(C)CC(=O)Nc1c(Cl)cccc1Cl. The number of methoxy groups -OCH3 is 1. The number of nitro benzene ring substituents is 1. The molecular weight excluding hydrogens is 397 g/mol. The fourth-order valence-corrected chi connectivity index (χ4v) is 2.83. The number of para-hydroxylation sites is 1. The summed E-state index contributed by atoms with van der Waals surface area (Å²) in [7, 11) is 2.72. The number of benzene rings is 2. The van der Waals surface area contributed by atoms with Gasteiger partial charge in [-0.05, 0) is 18.2 Å². The van der Waals surface area contributed by atoms with Crippen LogP contribution in [0.5, 0.6) is 0 Å². The lowest BCUT2D eigenvalue weighted by atomic mass is 10.1. The number of non-ortho nitro benzene ring substituents is 1. The van der Waals surface area contributed by atoms with Crippen LogP contribution in [0.4, 0.5) is 17.1 Å². The summed E-state index contributed by atoms with van der Waals surface area (Å²) in [6.45, 7) is -0.163. The van der Waals surface area contributed by atoms with E-state index in [9.17, 15) is 19.7 Å². The zero-order chi connectivity index (χ0) is 20.1. The fourth-order valence-electron chi connectivity index (χ4n) is 2.34. The second-order valence-electron chi connectivity index (χ2n) is 5.45. The summed E-state index contributed by atoms with van der Waals surface area (Å²) in [4.78, 5) is 36.1. The Morgan fingerprint density at radius 2 is 1.85 bits per heavy atom. The molecule has 1 amide bonds. The van der Waals surface area contributed by atoms with Crippen molar-refractivity contribution in [2.45, 2.75) is 0 Å². The standard InChI is InChI=1S/C17H15Cl2N3O5/c1-21(9-15(23)20-16-12(18)4-3-5-13(16)19)14-7-6-10(22(25)26)8-11(14)17(24)27-2/h3-8H,9H2,1-2H3,(H,20,23). The number of likely N-dealkylation sites (N-methyl/N-ethyl adjacent to an activating group) is 1. The van der Waals surface area contributed by atoms with Gasteiger partial charge in [0.25, 0.3) is 5.69 Å². The van der Waals surface area contributed by atoms with Gasteiger partial charge in [-0.15, -0.1) is 0 Å². The maximum Gasteiger partial charge on any atom is 0.340 e. The average Bonchev–Trinajstić information content (AvgIpc) is 2.63. The van der Waals surface area contributed by atoms with Gasteiger partial charge in [0.1, 0.15) is 0 Å². The van der Waals surface area contributed by atoms with Crippen LogP contribution in [-0.4, -0.2) is 37.5 Å². The number of esters is 1. The van der Waals surface area contributed by atoms with Crippen molar-refractivity contribution in [3.8, 4) is 0 Å². The molecule has 0 unspecified atom stereocenters. The van der Waals surface area contributed by atoms with E-state index in [0.717, 1.165) is 13.2 Å². The van der Waals surface area contributed by atoms with Crippen LogP contribution >= 0.6 is 23.2 Å². The second kappa shape index (κ2) is 8.70. The minimum absolute atomic E-state index is 0.0298. The van der Waals surface area contributed by atoms with Crippen LogP contribution in [0.15, 0.2) is 36.4 Å². The van der Waals surface area contributed by atoms with E-state index in [1.807, 2.05) is 0 Å². The molecule has 10 heteroatoms. The largest absolute Gasteiger partial charge is 0.465 e. The van der Waals surface area contributed by atoms with E-state index in [-0.39, 0.29) is 33.5 Å². The van der Waals surface area contributed by atoms with Gasteiger partial charge >= 0.3 is 5.97 Å². The Kier molecular flexibility index (Phi) is 6.59. The van der Waals surface area contributed by atoms with Gasteiger partial charge in [0.05, 0.1) is 45.6 Å². The normalized spacial score (nSPS) is 10.2. The van der Waals surface area contributed by atoms with Gasteiger partial charge in [-0.2, -0.15) is 0 Å². The Balaban J connectivity index is 2.24. The first-order chi connectivity index (χ1) is 12.7. The summed E-state index contributed by atoms with van der Waals surface area (Å²) in [5, 5.41) is 14.1. The van der Waals surface area contributed by atoms with Gasteiger partial charge in [-0.25, -0.2) is 4.79 Å². The first kappa shape index (κ1) is 20.5. The maximum absolute atomic E-state index is 12.3. The van der Waals surface area contributed by atoms with Gasteiger partial charge < -0.3 is 15.0 Å². The van der Waals surface area contributed by atoms with Gasteiger partial charge in [0.15, 0.2) is 0 Å². The number of hydrogen-bond donors (Lipinski definition) is 1. The smallest absolute Gasteiger partial charge is 0.340 e. The first-order valence-corrected chi connectivity index (χ1v) is 8.32. The lowest BCUT2D eigenvalue weighted by Crippen LogP contribution is -2.31. The van der Waals surface area contributed by atoms with Gasteiger partial charge in [0.2, 0.25) is 5.91 Å². The average molecular weight is 412 g/mol. The molecule has 0 fully saturated rings. The molecular formula is C17H15Cl2N3O5. The van der Waals surface area contributed by atoms with Gasteiger partial charge in [0, 0.05) is 19.2 Å². The highest BCUT2D eigenvalue weighted by Crippen LogP contribution is 2.30. The van der Waals surface area contributed by atoms with Crippen molar-refractivity contribution in [3.63, 3.8) is 0 Å². The number of anilines is 2. The number of nitro groups is 1. The monoisotopic (exact) mass is 411 g/mol. The van der Waals surface area contributed by atoms with Crippen LogP contribution < -0.4 is 10.2 Å². The summed E-state index contributed by atoms with van der Waals surface area (Å²) in [5.74, 6) is -1.20. The molecule has 0 aromatic heterocycles. The number of ether oxygens (including phenoxy) is 1. The molecule has 0 radical (unpaired) electrons. The zero-order valence-corrected chi connectivity index (χ0v) is 15.9. The lowest BCUT2D eigenvalue weighted by molar-refractivity contribution is -0.384. The zero-order valence-electron chi connectivity index (χ0n) is 14.4. The molecule has 2 rings (SSSR count). The van der Waals surface area contributed by atoms with Crippen LogP contribution in [0, 0.1) is 10.1 Å². The molecule has 1 N–H and O–H groups in total. The van der Waals surface area contributed by atoms with E-state index in [2.05, 4.69) is 10.1 Å². The predicted octanol–water partition coefficient (Wildman–Crippen LogP) is 3.76. The van der Waals surface area contributed by atoms with E-state index in [4.69, 9.17) is 23.2 Å². The van der Waals surface area contributed by atoms with Gasteiger partial charge in [-0.3, -0.25) is 14.9 Å². The molecule has 27 heavy (non-hydrogen) atoms. The third-order valence-corrected chi connectivity index (χ3v) is 4.25. The molecule has 0 aliphatic carbocycles. The molecule has 142 valence electrons. The van der Waals surface area contributed by atoms with E-state index in [0.29, 0.717) is 5.69 Å². The molecule has 0 bridgehead atoms. The van der Waals surface area contributed by atoms with Crippen molar-refractivity contribution in [2.75, 3.05) is 30.9 Å². The Morgan fingerprint density at radius 1 is 1.22 bits per heavy atom. The number of carbonyl (C=O) groups excluding carboxylic acids is 2. The molecule has 0 spiro atoms. The molecule has 2 aromatic rings. The van der Waals surface area contributed by atoms with Crippen molar-refractivity contribution < 1.29 is 19.2 Å². The third kappa shape index (κ3) is 4.87. The Labute approximate surface area is 164 Å². The number of nitrogens with zero attached hydrogens (tertiary/aromatic N) is 2. The highest BCUT2D eigenvalue weighted by molar-refractivity contribution is 6.39. The van der Waals surface area contributed by atoms with Crippen molar-refractivity contribution >= 4 is 52.1 Å². The van der Waals surface area contributed by atoms with Crippen LogP contribution in [-0.2, 0) is 9.53 Å². The summed E-state index contributed by atoms with van der Waals surface area (Å²) in [6, 6.07) is 8.52. The number of hydrogen-bond acceptors (Lipinski definition) is 6. The minimum Gasteiger partial charge on any atom is -0.465 e. The maximum atomic E-state index is 12.3. The second-order valence-corrected chi connectivity index (χ2v) is 6.27. The van der Waals surface area contributed by atoms with Crippen molar-refractivity contribution in [1.82, 2.24) is 0 Å². The Hall–Kier alpha value is -2.84. The molecule has 0 heterocycles. The summed E-state index contributed by atoms with van der Waals surface area (Å²) in [6.07, 6.45) is 0. The summed E-state index contributed by atoms with van der Waals surface area (Å²) >= 11 is 12.0. The molecule has 0 aliphatic rings. The highest BCUT2D eigenvalue weighted by atomic mass is 35.5. The Bertz CT molecular complexity index is 884. The molecule has 0 saturated heterocycles. The number of rotatable bonds is 6. The quantitative estimate of drug-likeness (QED) is 0.440. The topological polar surface area (TPSA) is 102 Å². The lowest BCUT2D eigenvalue weighted by Gasteiger charge is -2.21. The van der Waals surface area contributed by atoms with Crippen LogP contribution in [0.1, 0.15) is 10.4 Å². The number of carbonyl (C=O) groups is 2. The molecule has 0 saturated carbocycles. The van der Waals surface area contributed by atoms with Crippen molar-refractivity contribution in [2.24, 2.45) is 0 Å². The van der Waals surface area contributed by atoms with Crippen LogP contribution in [0.2, 0.25) is 10.0 Å². The molecule has 0 atom stereocenters. The third-order valence-electron chi connectivity index (χ3n) is 3.62. The van der Waals surface area contributed by atoms with E-state index >= 15 is 0 Å². The van der Waals surface area contributed by atoms with Gasteiger partial charge in [-0.1, -0.05) is 29.3 Å². The molecule has 8 nitrogen and oxygen atoms in total. The fraction of sp³-hybridized carbons (Fsp3) is 0.176. The Morgan fingerprint density at radius 3 is 2.41 bits per heavy atom. The van der Waals surface area contributed by atoms with E-state index in [1.54, 1.807) is 25.2 Å². The number of halogens is 2. The van der Waals surface area contributed by atoms with E-state index in [1.165, 1.54) is 17.0 Å².